The van der Waals surface area contributed by atoms with Crippen LogP contribution in [0.15, 0.2) is 24.3 Å². The highest BCUT2D eigenvalue weighted by atomic mass is 35.5. The van der Waals surface area contributed by atoms with E-state index in [9.17, 15) is 9.59 Å². The van der Waals surface area contributed by atoms with Gasteiger partial charge in [0.15, 0.2) is 0 Å². The number of hydrogen-bond acceptors (Lipinski definition) is 5. The summed E-state index contributed by atoms with van der Waals surface area (Å²) >= 11 is 6.23. The number of aliphatic carboxylic acids is 1. The molecule has 2 fully saturated rings. The lowest BCUT2D eigenvalue weighted by Gasteiger charge is -2.42. The minimum Gasteiger partial charge on any atom is -0.480 e. The Morgan fingerprint density at radius 3 is 2.65 bits per heavy atom. The van der Waals surface area contributed by atoms with Crippen molar-refractivity contribution >= 4 is 23.5 Å². The minimum absolute atomic E-state index is 0.000242. The summed E-state index contributed by atoms with van der Waals surface area (Å²) in [6, 6.07) is 7.65. The molecule has 8 heteroatoms. The van der Waals surface area contributed by atoms with Crippen LogP contribution in [0.1, 0.15) is 37.8 Å². The van der Waals surface area contributed by atoms with Crippen LogP contribution in [0.5, 0.6) is 0 Å². The number of carboxylic acid groups (broad SMARTS) is 1. The van der Waals surface area contributed by atoms with E-state index in [0.717, 1.165) is 18.4 Å². The molecule has 26 heavy (non-hydrogen) atoms. The quantitative estimate of drug-likeness (QED) is 0.569. The van der Waals surface area contributed by atoms with Crippen LogP contribution in [-0.2, 0) is 9.59 Å². The predicted octanol–water partition coefficient (Wildman–Crippen LogP) is 1.30. The Labute approximate surface area is 158 Å². The van der Waals surface area contributed by atoms with Crippen LogP contribution in [0.2, 0.25) is 5.02 Å². The molecule has 1 saturated carbocycles. The second-order valence-corrected chi connectivity index (χ2v) is 7.35. The first-order valence-corrected chi connectivity index (χ1v) is 9.37. The van der Waals surface area contributed by atoms with Gasteiger partial charge in [-0.3, -0.25) is 14.5 Å². The summed E-state index contributed by atoms with van der Waals surface area (Å²) in [6.45, 7) is 2.71. The maximum Gasteiger partial charge on any atom is 0.317 e. The first-order chi connectivity index (χ1) is 12.5. The molecule has 1 aliphatic heterocycles. The number of likely N-dealkylation sites (N-methyl/N-ethyl adjacent to an activating group) is 1. The van der Waals surface area contributed by atoms with E-state index in [4.69, 9.17) is 16.7 Å². The lowest BCUT2D eigenvalue weighted by Crippen LogP contribution is -2.57. The number of carbonyl (C=O) groups is 2. The van der Waals surface area contributed by atoms with Gasteiger partial charge < -0.3 is 10.4 Å². The molecule has 1 aromatic rings. The van der Waals surface area contributed by atoms with Crippen LogP contribution >= 0.6 is 11.6 Å². The van der Waals surface area contributed by atoms with Crippen molar-refractivity contribution < 1.29 is 14.7 Å². The normalized spacial score (nSPS) is 28.0. The molecule has 0 bridgehead atoms. The Bertz CT molecular complexity index is 666. The molecule has 1 saturated heterocycles. The molecule has 3 rings (SSSR count). The number of hydrogen-bond donors (Lipinski definition) is 4. The Morgan fingerprint density at radius 2 is 2.00 bits per heavy atom. The van der Waals surface area contributed by atoms with Crippen molar-refractivity contribution in [3.05, 3.63) is 34.9 Å². The molecule has 7 nitrogen and oxygen atoms in total. The molecule has 1 aliphatic carbocycles. The van der Waals surface area contributed by atoms with E-state index in [1.54, 1.807) is 0 Å². The van der Waals surface area contributed by atoms with Crippen molar-refractivity contribution in [3.8, 4) is 0 Å². The van der Waals surface area contributed by atoms with E-state index in [-0.39, 0.29) is 36.6 Å². The number of nitrogens with one attached hydrogen (secondary N) is 3. The summed E-state index contributed by atoms with van der Waals surface area (Å²) in [5.41, 5.74) is 7.17. The first kappa shape index (κ1) is 19.1. The maximum atomic E-state index is 12.5. The van der Waals surface area contributed by atoms with Crippen molar-refractivity contribution in [1.29, 1.82) is 0 Å². The molecule has 1 heterocycles. The van der Waals surface area contributed by atoms with Gasteiger partial charge in [0.25, 0.3) is 0 Å². The number of hydrazine groups is 1. The highest BCUT2D eigenvalue weighted by Gasteiger charge is 2.37. The van der Waals surface area contributed by atoms with E-state index in [1.807, 2.05) is 36.1 Å². The van der Waals surface area contributed by atoms with Gasteiger partial charge >= 0.3 is 5.97 Å². The summed E-state index contributed by atoms with van der Waals surface area (Å²) in [7, 11) is 0. The van der Waals surface area contributed by atoms with E-state index in [2.05, 4.69) is 16.2 Å². The van der Waals surface area contributed by atoms with Gasteiger partial charge in [0.1, 0.15) is 6.04 Å². The van der Waals surface area contributed by atoms with Crippen molar-refractivity contribution in [2.75, 3.05) is 13.1 Å². The number of rotatable bonds is 7. The molecular weight excluding hydrogens is 356 g/mol. The lowest BCUT2D eigenvalue weighted by molar-refractivity contribution is -0.139. The minimum atomic E-state index is -0.814. The van der Waals surface area contributed by atoms with E-state index < -0.39 is 5.97 Å². The number of amides is 1. The van der Waals surface area contributed by atoms with Crippen LogP contribution in [0.3, 0.4) is 0 Å². The molecule has 4 N–H and O–H groups in total. The van der Waals surface area contributed by atoms with Crippen LogP contribution in [-0.4, -0.2) is 53.1 Å². The lowest BCUT2D eigenvalue weighted by atomic mass is 9.85. The van der Waals surface area contributed by atoms with Gasteiger partial charge in [-0.1, -0.05) is 36.7 Å². The second kappa shape index (κ2) is 8.35. The van der Waals surface area contributed by atoms with Crippen molar-refractivity contribution in [1.82, 2.24) is 21.1 Å². The summed E-state index contributed by atoms with van der Waals surface area (Å²) in [5.74, 6) is -0.844. The van der Waals surface area contributed by atoms with Crippen LogP contribution in [0.25, 0.3) is 0 Å². The fourth-order valence-electron chi connectivity index (χ4n) is 3.67. The third kappa shape index (κ3) is 4.35. The van der Waals surface area contributed by atoms with Crippen molar-refractivity contribution in [3.63, 3.8) is 0 Å². The molecule has 142 valence electrons. The Hall–Kier alpha value is -1.67. The second-order valence-electron chi connectivity index (χ2n) is 6.94. The number of nitrogens with zero attached hydrogens (tertiary/aromatic N) is 1. The smallest absolute Gasteiger partial charge is 0.317 e. The Balaban J connectivity index is 1.46. The summed E-state index contributed by atoms with van der Waals surface area (Å²) in [4.78, 5) is 25.3. The van der Waals surface area contributed by atoms with Crippen molar-refractivity contribution in [2.24, 2.45) is 0 Å². The molecule has 0 radical (unpaired) electrons. The van der Waals surface area contributed by atoms with E-state index in [0.29, 0.717) is 18.0 Å². The molecule has 0 spiro atoms. The number of benzene rings is 1. The van der Waals surface area contributed by atoms with Crippen LogP contribution < -0.4 is 16.2 Å². The highest BCUT2D eigenvalue weighted by molar-refractivity contribution is 6.31. The van der Waals surface area contributed by atoms with Gasteiger partial charge in [0, 0.05) is 23.1 Å². The molecule has 2 unspecified atom stereocenters. The van der Waals surface area contributed by atoms with E-state index in [1.165, 1.54) is 0 Å². The van der Waals surface area contributed by atoms with Gasteiger partial charge in [0.2, 0.25) is 5.91 Å². The van der Waals surface area contributed by atoms with Gasteiger partial charge in [-0.05, 0) is 37.4 Å². The number of halogens is 1. The number of carboxylic acids is 1. The van der Waals surface area contributed by atoms with Gasteiger partial charge in [-0.15, -0.1) is 0 Å². The third-order valence-electron chi connectivity index (χ3n) is 5.22. The van der Waals surface area contributed by atoms with Crippen LogP contribution in [0, 0.1) is 0 Å². The topological polar surface area (TPSA) is 93.7 Å². The molecular formula is C18H25ClN4O3. The first-order valence-electron chi connectivity index (χ1n) is 8.99. The zero-order valence-electron chi connectivity index (χ0n) is 14.7. The molecule has 0 aromatic heterocycles. The van der Waals surface area contributed by atoms with Gasteiger partial charge in [-0.25, -0.2) is 10.9 Å². The molecule has 1 aromatic carbocycles. The SMILES string of the molecule is CCN(CC(=O)O)C1CC(NC(=O)C2CC(c3ccccc3Cl)NN2)C1. The zero-order chi connectivity index (χ0) is 18.7. The fourth-order valence-corrected chi connectivity index (χ4v) is 3.94. The standard InChI is InChI=1S/C18H25ClN4O3/c1-2-23(10-17(24)25)12-7-11(8-12)20-18(26)16-9-15(21-22-16)13-5-3-4-6-14(13)19/h3-6,11-12,15-16,21-22H,2,7-10H2,1H3,(H,20,26)(H,24,25). The summed E-state index contributed by atoms with van der Waals surface area (Å²) in [5, 5.41) is 12.7. The average molecular weight is 381 g/mol. The Kier molecular flexibility index (Phi) is 6.13. The van der Waals surface area contributed by atoms with Crippen LogP contribution in [0.4, 0.5) is 0 Å². The zero-order valence-corrected chi connectivity index (χ0v) is 15.5. The molecule has 1 amide bonds. The van der Waals surface area contributed by atoms with Gasteiger partial charge in [0.05, 0.1) is 6.54 Å². The third-order valence-corrected chi connectivity index (χ3v) is 5.57. The largest absolute Gasteiger partial charge is 0.480 e. The monoisotopic (exact) mass is 380 g/mol. The maximum absolute atomic E-state index is 12.5. The number of carbonyl (C=O) groups excluding carboxylic acids is 1. The molecule has 2 atom stereocenters. The summed E-state index contributed by atoms with van der Waals surface area (Å²) in [6.07, 6.45) is 2.22. The molecule has 2 aliphatic rings. The average Bonchev–Trinajstić information content (AvgIpc) is 3.06. The van der Waals surface area contributed by atoms with Gasteiger partial charge in [-0.2, -0.15) is 0 Å². The van der Waals surface area contributed by atoms with Crippen molar-refractivity contribution in [2.45, 2.75) is 50.4 Å². The van der Waals surface area contributed by atoms with E-state index >= 15 is 0 Å². The highest BCUT2D eigenvalue weighted by Crippen LogP contribution is 2.29. The predicted molar refractivity (Wildman–Crippen MR) is 98.7 cm³/mol. The summed E-state index contributed by atoms with van der Waals surface area (Å²) < 4.78 is 0. The Morgan fingerprint density at radius 1 is 1.27 bits per heavy atom. The fraction of sp³-hybridized carbons (Fsp3) is 0.556.